The summed E-state index contributed by atoms with van der Waals surface area (Å²) in [4.78, 5) is 0. The molecule has 58 valence electrons. The maximum atomic E-state index is 5.29. The molecule has 0 unspecified atom stereocenters. The Morgan fingerprint density at radius 3 is 2.40 bits per heavy atom. The Bertz CT molecular complexity index is 119. The summed E-state index contributed by atoms with van der Waals surface area (Å²) in [6.45, 7) is 5.74. The Morgan fingerprint density at radius 2 is 1.90 bits per heavy atom. The molecule has 0 radical (unpaired) electrons. The first-order chi connectivity index (χ1) is 4.79. The molecule has 0 N–H and O–H groups in total. The minimum absolute atomic E-state index is 0.0845. The number of rotatable bonds is 1. The molecule has 0 aliphatic carbocycles. The molecule has 1 aliphatic rings. The fourth-order valence-corrected chi connectivity index (χ4v) is 0.874. The molecule has 0 aromatic rings. The van der Waals surface area contributed by atoms with E-state index in [2.05, 4.69) is 0 Å². The van der Waals surface area contributed by atoms with E-state index in [1.54, 1.807) is 0 Å². The highest BCUT2D eigenvalue weighted by Crippen LogP contribution is 2.07. The van der Waals surface area contributed by atoms with E-state index in [1.165, 1.54) is 5.57 Å². The smallest absolute Gasteiger partial charge is 0.177 e. The maximum Gasteiger partial charge on any atom is 0.177 e. The van der Waals surface area contributed by atoms with Crippen LogP contribution >= 0.6 is 0 Å². The average Bonchev–Trinajstić information content (AvgIpc) is 1.88. The van der Waals surface area contributed by atoms with Crippen LogP contribution in [0.3, 0.4) is 0 Å². The zero-order chi connectivity index (χ0) is 7.40. The van der Waals surface area contributed by atoms with E-state index in [1.807, 2.05) is 19.9 Å². The second-order valence-electron chi connectivity index (χ2n) is 2.71. The maximum absolute atomic E-state index is 5.29. The van der Waals surface area contributed by atoms with E-state index >= 15 is 0 Å². The van der Waals surface area contributed by atoms with Crippen LogP contribution in [0.25, 0.3) is 0 Å². The van der Waals surface area contributed by atoms with E-state index in [-0.39, 0.29) is 6.29 Å². The molecule has 10 heavy (non-hydrogen) atoms. The van der Waals surface area contributed by atoms with Crippen LogP contribution in [0.1, 0.15) is 20.3 Å². The molecule has 0 aromatic heterocycles. The molecular weight excluding hydrogens is 128 g/mol. The van der Waals surface area contributed by atoms with Gasteiger partial charge in [0.25, 0.3) is 0 Å². The van der Waals surface area contributed by atoms with Gasteiger partial charge in [-0.25, -0.2) is 0 Å². The van der Waals surface area contributed by atoms with Crippen molar-refractivity contribution in [2.45, 2.75) is 26.6 Å². The molecule has 1 rings (SSSR count). The monoisotopic (exact) mass is 142 g/mol. The van der Waals surface area contributed by atoms with Crippen LogP contribution in [-0.2, 0) is 9.47 Å². The van der Waals surface area contributed by atoms with Crippen LogP contribution < -0.4 is 0 Å². The molecule has 0 aromatic carbocycles. The van der Waals surface area contributed by atoms with E-state index in [0.29, 0.717) is 0 Å². The van der Waals surface area contributed by atoms with Crippen molar-refractivity contribution in [1.29, 1.82) is 0 Å². The molecule has 0 spiro atoms. The summed E-state index contributed by atoms with van der Waals surface area (Å²) in [5, 5.41) is 0. The van der Waals surface area contributed by atoms with Crippen molar-refractivity contribution in [3.05, 3.63) is 11.6 Å². The Hall–Kier alpha value is -0.340. The van der Waals surface area contributed by atoms with Gasteiger partial charge in [-0.15, -0.1) is 0 Å². The summed E-state index contributed by atoms with van der Waals surface area (Å²) in [5.74, 6) is 0. The van der Waals surface area contributed by atoms with Crippen molar-refractivity contribution in [1.82, 2.24) is 0 Å². The standard InChI is InChI=1S/C8H14O2/c1-7(2)6-8-9-4-3-5-10-8/h6,8H,3-5H2,1-2H3. The van der Waals surface area contributed by atoms with E-state index in [0.717, 1.165) is 19.6 Å². The van der Waals surface area contributed by atoms with Gasteiger partial charge in [-0.1, -0.05) is 5.57 Å². The number of ether oxygens (including phenoxy) is 2. The predicted octanol–water partition coefficient (Wildman–Crippen LogP) is 1.72. The minimum atomic E-state index is -0.0845. The van der Waals surface area contributed by atoms with Gasteiger partial charge in [0.15, 0.2) is 6.29 Å². The Morgan fingerprint density at radius 1 is 1.30 bits per heavy atom. The summed E-state index contributed by atoms with van der Waals surface area (Å²) in [6.07, 6.45) is 2.94. The molecule has 0 bridgehead atoms. The lowest BCUT2D eigenvalue weighted by Gasteiger charge is -2.20. The summed E-state index contributed by atoms with van der Waals surface area (Å²) in [7, 11) is 0. The SMILES string of the molecule is CC(C)=CC1OCCCO1. The van der Waals surface area contributed by atoms with Crippen molar-refractivity contribution in [2.24, 2.45) is 0 Å². The summed E-state index contributed by atoms with van der Waals surface area (Å²) in [6, 6.07) is 0. The summed E-state index contributed by atoms with van der Waals surface area (Å²) >= 11 is 0. The van der Waals surface area contributed by atoms with Crippen molar-refractivity contribution in [2.75, 3.05) is 13.2 Å². The van der Waals surface area contributed by atoms with Crippen molar-refractivity contribution in [3.8, 4) is 0 Å². The van der Waals surface area contributed by atoms with Gasteiger partial charge >= 0.3 is 0 Å². The average molecular weight is 142 g/mol. The first-order valence-electron chi connectivity index (χ1n) is 3.67. The third kappa shape index (κ3) is 2.50. The lowest BCUT2D eigenvalue weighted by atomic mass is 10.3. The lowest BCUT2D eigenvalue weighted by Crippen LogP contribution is -2.22. The molecule has 1 saturated heterocycles. The van der Waals surface area contributed by atoms with Crippen LogP contribution in [0.15, 0.2) is 11.6 Å². The van der Waals surface area contributed by atoms with Gasteiger partial charge in [-0.05, 0) is 26.3 Å². The highest BCUT2D eigenvalue weighted by Gasteiger charge is 2.09. The van der Waals surface area contributed by atoms with E-state index < -0.39 is 0 Å². The van der Waals surface area contributed by atoms with Crippen LogP contribution in [0.4, 0.5) is 0 Å². The van der Waals surface area contributed by atoms with Gasteiger partial charge in [0.05, 0.1) is 13.2 Å². The second-order valence-corrected chi connectivity index (χ2v) is 2.71. The third-order valence-electron chi connectivity index (χ3n) is 1.32. The highest BCUT2D eigenvalue weighted by molar-refractivity contribution is 4.95. The van der Waals surface area contributed by atoms with Crippen LogP contribution in [0.2, 0.25) is 0 Å². The Balaban J connectivity index is 2.33. The van der Waals surface area contributed by atoms with Crippen molar-refractivity contribution in [3.63, 3.8) is 0 Å². The van der Waals surface area contributed by atoms with Crippen molar-refractivity contribution >= 4 is 0 Å². The molecule has 1 heterocycles. The molecule has 2 nitrogen and oxygen atoms in total. The predicted molar refractivity (Wildman–Crippen MR) is 39.7 cm³/mol. The fraction of sp³-hybridized carbons (Fsp3) is 0.750. The molecule has 0 saturated carbocycles. The first kappa shape index (κ1) is 7.76. The summed E-state index contributed by atoms with van der Waals surface area (Å²) in [5.41, 5.74) is 1.24. The Labute approximate surface area is 61.8 Å². The number of hydrogen-bond acceptors (Lipinski definition) is 2. The zero-order valence-electron chi connectivity index (χ0n) is 6.59. The van der Waals surface area contributed by atoms with E-state index in [4.69, 9.17) is 9.47 Å². The molecule has 2 heteroatoms. The second kappa shape index (κ2) is 3.74. The van der Waals surface area contributed by atoms with Gasteiger partial charge in [0.2, 0.25) is 0 Å². The van der Waals surface area contributed by atoms with Crippen LogP contribution in [-0.4, -0.2) is 19.5 Å². The van der Waals surface area contributed by atoms with Crippen LogP contribution in [0.5, 0.6) is 0 Å². The number of hydrogen-bond donors (Lipinski definition) is 0. The molecule has 0 amide bonds. The van der Waals surface area contributed by atoms with Gasteiger partial charge in [0, 0.05) is 0 Å². The number of allylic oxidation sites excluding steroid dienone is 1. The van der Waals surface area contributed by atoms with Gasteiger partial charge in [-0.2, -0.15) is 0 Å². The first-order valence-corrected chi connectivity index (χ1v) is 3.67. The molecule has 1 aliphatic heterocycles. The zero-order valence-corrected chi connectivity index (χ0v) is 6.59. The largest absolute Gasteiger partial charge is 0.349 e. The van der Waals surface area contributed by atoms with Gasteiger partial charge < -0.3 is 9.47 Å². The molecular formula is C8H14O2. The normalized spacial score (nSPS) is 20.6. The van der Waals surface area contributed by atoms with Crippen molar-refractivity contribution < 1.29 is 9.47 Å². The van der Waals surface area contributed by atoms with Gasteiger partial charge in [0.1, 0.15) is 0 Å². The molecule has 0 atom stereocenters. The molecule has 1 fully saturated rings. The topological polar surface area (TPSA) is 18.5 Å². The Kier molecular flexibility index (Phi) is 2.90. The van der Waals surface area contributed by atoms with E-state index in [9.17, 15) is 0 Å². The minimum Gasteiger partial charge on any atom is -0.349 e. The van der Waals surface area contributed by atoms with Crippen LogP contribution in [0, 0.1) is 0 Å². The highest BCUT2D eigenvalue weighted by atomic mass is 16.7. The fourth-order valence-electron chi connectivity index (χ4n) is 0.874. The van der Waals surface area contributed by atoms with Gasteiger partial charge in [-0.3, -0.25) is 0 Å². The quantitative estimate of drug-likeness (QED) is 0.519. The third-order valence-corrected chi connectivity index (χ3v) is 1.32. The summed E-state index contributed by atoms with van der Waals surface area (Å²) < 4.78 is 10.6. The lowest BCUT2D eigenvalue weighted by molar-refractivity contribution is -0.150.